The Labute approximate surface area is 156 Å². The van der Waals surface area contributed by atoms with Crippen LogP contribution in [0.4, 0.5) is 0 Å². The first-order valence-corrected chi connectivity index (χ1v) is 8.38. The minimum Gasteiger partial charge on any atom is -0.497 e. The van der Waals surface area contributed by atoms with Crippen molar-refractivity contribution in [2.75, 3.05) is 14.2 Å². The molecular weight excluding hydrogens is 342 g/mol. The topological polar surface area (TPSA) is 66.2 Å². The summed E-state index contributed by atoms with van der Waals surface area (Å²) in [4.78, 5) is 17.4. The van der Waals surface area contributed by atoms with Crippen LogP contribution in [0.3, 0.4) is 0 Å². The van der Waals surface area contributed by atoms with Gasteiger partial charge in [-0.05, 0) is 47.2 Å². The number of nitrogens with zero attached hydrogens (tertiary/aromatic N) is 3. The lowest BCUT2D eigenvalue weighted by Gasteiger charge is -2.07. The zero-order valence-corrected chi connectivity index (χ0v) is 14.9. The van der Waals surface area contributed by atoms with E-state index in [2.05, 4.69) is 10.1 Å². The zero-order chi connectivity index (χ0) is 18.8. The predicted octanol–water partition coefficient (Wildman–Crippen LogP) is 3.80. The molecule has 27 heavy (non-hydrogen) atoms. The molecule has 0 fully saturated rings. The lowest BCUT2D eigenvalue weighted by molar-refractivity contribution is 0.0945. The summed E-state index contributed by atoms with van der Waals surface area (Å²) in [6, 6.07) is 20.8. The van der Waals surface area contributed by atoms with E-state index in [4.69, 9.17) is 9.47 Å². The van der Waals surface area contributed by atoms with Gasteiger partial charge in [-0.15, -0.1) is 5.10 Å². The average Bonchev–Trinajstić information content (AvgIpc) is 3.17. The van der Waals surface area contributed by atoms with E-state index in [-0.39, 0.29) is 11.9 Å². The number of fused-ring (bicyclic) bond motifs is 1. The third-order valence-electron chi connectivity index (χ3n) is 4.31. The van der Waals surface area contributed by atoms with Crippen LogP contribution in [0.5, 0.6) is 11.8 Å². The number of aromatic nitrogens is 3. The summed E-state index contributed by atoms with van der Waals surface area (Å²) in [5.41, 5.74) is 1.26. The van der Waals surface area contributed by atoms with Crippen LogP contribution in [0.15, 0.2) is 66.7 Å². The molecule has 0 atom stereocenters. The maximum Gasteiger partial charge on any atom is 0.336 e. The van der Waals surface area contributed by atoms with Crippen molar-refractivity contribution in [3.8, 4) is 23.1 Å². The van der Waals surface area contributed by atoms with E-state index in [0.717, 1.165) is 22.1 Å². The largest absolute Gasteiger partial charge is 0.497 e. The van der Waals surface area contributed by atoms with Crippen LogP contribution < -0.4 is 9.47 Å². The third kappa shape index (κ3) is 3.13. The second kappa shape index (κ2) is 6.92. The fourth-order valence-corrected chi connectivity index (χ4v) is 2.89. The lowest BCUT2D eigenvalue weighted by atomic mass is 10.1. The molecule has 0 unspecified atom stereocenters. The van der Waals surface area contributed by atoms with Crippen molar-refractivity contribution in [1.82, 2.24) is 14.8 Å². The molecule has 6 heteroatoms. The molecule has 0 saturated heterocycles. The molecule has 134 valence electrons. The number of carbonyl (C=O) groups is 1. The van der Waals surface area contributed by atoms with Gasteiger partial charge in [0.2, 0.25) is 0 Å². The van der Waals surface area contributed by atoms with Gasteiger partial charge in [-0.3, -0.25) is 4.79 Å². The molecule has 1 aromatic heterocycles. The molecular formula is C21H17N3O3. The van der Waals surface area contributed by atoms with Gasteiger partial charge >= 0.3 is 6.01 Å². The Bertz CT molecular complexity index is 1120. The van der Waals surface area contributed by atoms with Crippen LogP contribution >= 0.6 is 0 Å². The molecule has 0 aliphatic carbocycles. The van der Waals surface area contributed by atoms with E-state index in [0.29, 0.717) is 11.4 Å². The molecule has 0 spiro atoms. The number of hydrogen-bond acceptors (Lipinski definition) is 5. The fraction of sp³-hybridized carbons (Fsp3) is 0.0952. The van der Waals surface area contributed by atoms with Crippen molar-refractivity contribution < 1.29 is 14.3 Å². The monoisotopic (exact) mass is 359 g/mol. The van der Waals surface area contributed by atoms with E-state index in [1.165, 1.54) is 11.8 Å². The van der Waals surface area contributed by atoms with Crippen molar-refractivity contribution >= 4 is 16.7 Å². The van der Waals surface area contributed by atoms with Crippen LogP contribution in [0.25, 0.3) is 22.2 Å². The number of rotatable bonds is 4. The van der Waals surface area contributed by atoms with E-state index in [1.54, 1.807) is 25.3 Å². The molecule has 0 aliphatic rings. The van der Waals surface area contributed by atoms with E-state index < -0.39 is 0 Å². The quantitative estimate of drug-likeness (QED) is 0.554. The molecule has 6 nitrogen and oxygen atoms in total. The number of hydrogen-bond donors (Lipinski definition) is 0. The summed E-state index contributed by atoms with van der Waals surface area (Å²) >= 11 is 0. The molecule has 0 bridgehead atoms. The Morgan fingerprint density at radius 2 is 1.63 bits per heavy atom. The summed E-state index contributed by atoms with van der Waals surface area (Å²) in [5, 5.41) is 6.26. The first-order valence-electron chi connectivity index (χ1n) is 8.38. The van der Waals surface area contributed by atoms with E-state index >= 15 is 0 Å². The molecule has 1 heterocycles. The summed E-state index contributed by atoms with van der Waals surface area (Å²) in [5.74, 6) is 0.854. The van der Waals surface area contributed by atoms with Crippen LogP contribution in [0.1, 0.15) is 10.4 Å². The minimum absolute atomic E-state index is 0.134. The zero-order valence-electron chi connectivity index (χ0n) is 14.9. The average molecular weight is 359 g/mol. The minimum atomic E-state index is -0.276. The smallest absolute Gasteiger partial charge is 0.336 e. The second-order valence-corrected chi connectivity index (χ2v) is 5.93. The fourth-order valence-electron chi connectivity index (χ4n) is 2.89. The van der Waals surface area contributed by atoms with Gasteiger partial charge in [-0.2, -0.15) is 9.67 Å². The molecule has 4 rings (SSSR count). The standard InChI is InChI=1S/C21H17N3O3/c1-26-18-11-9-15(10-12-18)19-22-21(27-2)23-24(19)20(25)17-8-7-14-5-3-4-6-16(14)13-17/h3-13H,1-2H3. The van der Waals surface area contributed by atoms with Gasteiger partial charge in [0.05, 0.1) is 14.2 Å². The SMILES string of the molecule is COc1ccc(-c2nc(OC)nn2C(=O)c2ccc3ccccc3c2)cc1. The van der Waals surface area contributed by atoms with Gasteiger partial charge in [-0.1, -0.05) is 30.3 Å². The predicted molar refractivity (Wildman–Crippen MR) is 102 cm³/mol. The first kappa shape index (κ1) is 16.8. The van der Waals surface area contributed by atoms with Crippen molar-refractivity contribution in [2.45, 2.75) is 0 Å². The Hall–Kier alpha value is -3.67. The second-order valence-electron chi connectivity index (χ2n) is 5.93. The number of benzene rings is 3. The first-order chi connectivity index (χ1) is 13.2. The molecule has 4 aromatic rings. The summed E-state index contributed by atoms with van der Waals surface area (Å²) < 4.78 is 11.6. The summed E-state index contributed by atoms with van der Waals surface area (Å²) in [6.07, 6.45) is 0. The normalized spacial score (nSPS) is 10.7. The highest BCUT2D eigenvalue weighted by Crippen LogP contribution is 2.24. The Morgan fingerprint density at radius 1 is 0.889 bits per heavy atom. The molecule has 3 aromatic carbocycles. The van der Waals surface area contributed by atoms with E-state index in [9.17, 15) is 4.79 Å². The number of ether oxygens (including phenoxy) is 2. The lowest BCUT2D eigenvalue weighted by Crippen LogP contribution is -2.15. The van der Waals surface area contributed by atoms with Gasteiger partial charge in [0, 0.05) is 11.1 Å². The highest BCUT2D eigenvalue weighted by Gasteiger charge is 2.20. The van der Waals surface area contributed by atoms with Gasteiger partial charge in [-0.25, -0.2) is 0 Å². The molecule has 0 radical (unpaired) electrons. The van der Waals surface area contributed by atoms with Crippen LogP contribution in [-0.2, 0) is 0 Å². The summed E-state index contributed by atoms with van der Waals surface area (Å²) in [7, 11) is 3.07. The molecule has 0 saturated carbocycles. The maximum absolute atomic E-state index is 13.1. The van der Waals surface area contributed by atoms with Crippen molar-refractivity contribution in [1.29, 1.82) is 0 Å². The number of methoxy groups -OCH3 is 2. The summed E-state index contributed by atoms with van der Waals surface area (Å²) in [6.45, 7) is 0. The Balaban J connectivity index is 1.79. The van der Waals surface area contributed by atoms with Crippen LogP contribution in [0.2, 0.25) is 0 Å². The molecule has 0 N–H and O–H groups in total. The van der Waals surface area contributed by atoms with Crippen molar-refractivity contribution in [2.24, 2.45) is 0 Å². The Kier molecular flexibility index (Phi) is 4.30. The molecule has 0 aliphatic heterocycles. The van der Waals surface area contributed by atoms with E-state index in [1.807, 2.05) is 48.5 Å². The van der Waals surface area contributed by atoms with Gasteiger partial charge in [0.1, 0.15) is 5.75 Å². The van der Waals surface area contributed by atoms with Crippen LogP contribution in [0, 0.1) is 0 Å². The molecule has 0 amide bonds. The third-order valence-corrected chi connectivity index (χ3v) is 4.31. The van der Waals surface area contributed by atoms with Crippen molar-refractivity contribution in [3.63, 3.8) is 0 Å². The van der Waals surface area contributed by atoms with Crippen molar-refractivity contribution in [3.05, 3.63) is 72.3 Å². The number of carbonyl (C=O) groups excluding carboxylic acids is 1. The van der Waals surface area contributed by atoms with Gasteiger partial charge in [0.25, 0.3) is 5.91 Å². The highest BCUT2D eigenvalue weighted by atomic mass is 16.5. The van der Waals surface area contributed by atoms with Gasteiger partial charge < -0.3 is 9.47 Å². The van der Waals surface area contributed by atoms with Gasteiger partial charge in [0.15, 0.2) is 5.82 Å². The Morgan fingerprint density at radius 3 is 2.33 bits per heavy atom. The van der Waals surface area contributed by atoms with Crippen LogP contribution in [-0.4, -0.2) is 34.9 Å². The maximum atomic E-state index is 13.1. The highest BCUT2D eigenvalue weighted by molar-refractivity contribution is 6.00.